The third-order valence-corrected chi connectivity index (χ3v) is 17.7. The summed E-state index contributed by atoms with van der Waals surface area (Å²) in [6, 6.07) is 0. The number of ether oxygens (including phenoxy) is 4. The third-order valence-electron chi connectivity index (χ3n) is 15.8. The average molecular weight is 1280 g/mol. The molecular weight excluding hydrogens is 1150 g/mol. The Morgan fingerprint density at radius 2 is 0.529 bits per heavy atom. The van der Waals surface area contributed by atoms with Crippen molar-refractivity contribution < 1.29 is 80.2 Å². The molecule has 0 rings (SSSR count). The fourth-order valence-corrected chi connectivity index (χ4v) is 11.9. The zero-order valence-corrected chi connectivity index (χ0v) is 57.9. The highest BCUT2D eigenvalue weighted by atomic mass is 31.2. The molecule has 87 heavy (non-hydrogen) atoms. The quantitative estimate of drug-likeness (QED) is 0.0222. The molecule has 0 aliphatic heterocycles. The zero-order chi connectivity index (χ0) is 64.2. The molecule has 0 radical (unpaired) electrons. The van der Waals surface area contributed by atoms with Crippen LogP contribution in [0.4, 0.5) is 0 Å². The van der Waals surface area contributed by atoms with Gasteiger partial charge >= 0.3 is 39.5 Å². The minimum absolute atomic E-state index is 0.102. The number of aliphatic hydroxyl groups is 1. The Bertz CT molecular complexity index is 1690. The van der Waals surface area contributed by atoms with Gasteiger partial charge in [-0.1, -0.05) is 298 Å². The molecule has 0 fully saturated rings. The largest absolute Gasteiger partial charge is 0.472 e. The van der Waals surface area contributed by atoms with Crippen molar-refractivity contribution in [1.29, 1.82) is 0 Å². The second-order valence-electron chi connectivity index (χ2n) is 25.0. The van der Waals surface area contributed by atoms with E-state index < -0.39 is 97.5 Å². The van der Waals surface area contributed by atoms with Crippen LogP contribution >= 0.6 is 15.6 Å². The molecular formula is C68H132O17P2. The van der Waals surface area contributed by atoms with E-state index >= 15 is 0 Å². The molecule has 0 saturated carbocycles. The Morgan fingerprint density at radius 1 is 0.310 bits per heavy atom. The minimum atomic E-state index is -4.95. The number of hydrogen-bond donors (Lipinski definition) is 3. The van der Waals surface area contributed by atoms with E-state index in [-0.39, 0.29) is 25.7 Å². The molecule has 0 aromatic heterocycles. The predicted octanol–water partition coefficient (Wildman–Crippen LogP) is 19.4. The number of phosphoric ester groups is 2. The van der Waals surface area contributed by atoms with Crippen LogP contribution in [0.1, 0.15) is 349 Å². The average Bonchev–Trinajstić information content (AvgIpc) is 3.64. The smallest absolute Gasteiger partial charge is 0.462 e. The van der Waals surface area contributed by atoms with Crippen LogP contribution in [0.3, 0.4) is 0 Å². The molecule has 3 N–H and O–H groups in total. The molecule has 0 aromatic rings. The maximum atomic E-state index is 13.0. The SMILES string of the molecule is CCCCCCCCCCCCCCCCCCCCC(=O)O[C@H](COC(=O)CCCCCCCCCCCCCC)COP(=O)(O)OC[C@@H](O)COP(=O)(O)OC[C@@H](COC(=O)CCCCCCCCCC)OC(=O)CCCCCCCCC(C)C. The monoisotopic (exact) mass is 1280 g/mol. The van der Waals surface area contributed by atoms with Gasteiger partial charge < -0.3 is 33.8 Å². The summed E-state index contributed by atoms with van der Waals surface area (Å²) in [5, 5.41) is 10.6. The molecule has 19 heteroatoms. The summed E-state index contributed by atoms with van der Waals surface area (Å²) in [7, 11) is -9.89. The van der Waals surface area contributed by atoms with Crippen molar-refractivity contribution in [1.82, 2.24) is 0 Å². The van der Waals surface area contributed by atoms with Gasteiger partial charge in [0.25, 0.3) is 0 Å². The van der Waals surface area contributed by atoms with E-state index in [1.807, 2.05) is 0 Å². The Morgan fingerprint density at radius 3 is 0.782 bits per heavy atom. The molecule has 0 aromatic carbocycles. The van der Waals surface area contributed by atoms with Gasteiger partial charge in [0.1, 0.15) is 19.3 Å². The van der Waals surface area contributed by atoms with Crippen LogP contribution in [0.5, 0.6) is 0 Å². The normalized spacial score (nSPS) is 14.1. The molecule has 516 valence electrons. The number of phosphoric acid groups is 2. The maximum absolute atomic E-state index is 13.0. The van der Waals surface area contributed by atoms with Crippen LogP contribution in [0.25, 0.3) is 0 Å². The second-order valence-corrected chi connectivity index (χ2v) is 27.9. The summed E-state index contributed by atoms with van der Waals surface area (Å²) in [5.74, 6) is -1.46. The van der Waals surface area contributed by atoms with Gasteiger partial charge in [0, 0.05) is 25.7 Å². The summed E-state index contributed by atoms with van der Waals surface area (Å²) in [6.07, 6.45) is 47.4. The predicted molar refractivity (Wildman–Crippen MR) is 349 cm³/mol. The first-order chi connectivity index (χ1) is 42.0. The number of esters is 4. The lowest BCUT2D eigenvalue weighted by Crippen LogP contribution is -2.30. The molecule has 0 bridgehead atoms. The van der Waals surface area contributed by atoms with Crippen LogP contribution in [0.15, 0.2) is 0 Å². The number of aliphatic hydroxyl groups excluding tert-OH is 1. The van der Waals surface area contributed by atoms with Crippen molar-refractivity contribution in [2.24, 2.45) is 5.92 Å². The summed E-state index contributed by atoms with van der Waals surface area (Å²) in [6.45, 7) is 7.11. The second kappa shape index (κ2) is 61.6. The van der Waals surface area contributed by atoms with E-state index in [1.54, 1.807) is 0 Å². The lowest BCUT2D eigenvalue weighted by Gasteiger charge is -2.21. The fraction of sp³-hybridized carbons (Fsp3) is 0.941. The van der Waals surface area contributed by atoms with Gasteiger partial charge in [-0.25, -0.2) is 9.13 Å². The summed E-state index contributed by atoms with van der Waals surface area (Å²) in [4.78, 5) is 72.3. The topological polar surface area (TPSA) is 237 Å². The van der Waals surface area contributed by atoms with E-state index in [1.165, 1.54) is 167 Å². The maximum Gasteiger partial charge on any atom is 0.472 e. The van der Waals surface area contributed by atoms with Gasteiger partial charge in [0.05, 0.1) is 26.4 Å². The number of unbranched alkanes of at least 4 members (excludes halogenated alkanes) is 40. The van der Waals surface area contributed by atoms with Crippen molar-refractivity contribution in [2.75, 3.05) is 39.6 Å². The molecule has 0 amide bonds. The van der Waals surface area contributed by atoms with Crippen LogP contribution in [0, 0.1) is 5.92 Å². The molecule has 17 nitrogen and oxygen atoms in total. The van der Waals surface area contributed by atoms with Crippen molar-refractivity contribution >= 4 is 39.5 Å². The van der Waals surface area contributed by atoms with Crippen LogP contribution in [0.2, 0.25) is 0 Å². The molecule has 0 spiro atoms. The first-order valence-electron chi connectivity index (χ1n) is 35.6. The van der Waals surface area contributed by atoms with E-state index in [0.717, 1.165) is 96.3 Å². The lowest BCUT2D eigenvalue weighted by molar-refractivity contribution is -0.161. The third kappa shape index (κ3) is 62.6. The first kappa shape index (κ1) is 85.1. The van der Waals surface area contributed by atoms with Gasteiger partial charge in [-0.2, -0.15) is 0 Å². The van der Waals surface area contributed by atoms with Crippen molar-refractivity contribution in [3.8, 4) is 0 Å². The molecule has 2 unspecified atom stereocenters. The van der Waals surface area contributed by atoms with E-state index in [0.29, 0.717) is 31.6 Å². The minimum Gasteiger partial charge on any atom is -0.462 e. The van der Waals surface area contributed by atoms with Crippen molar-refractivity contribution in [2.45, 2.75) is 368 Å². The standard InChI is InChI=1S/C68H132O17P2/c1-6-9-12-15-18-21-23-25-26-27-28-29-30-32-34-37-43-48-53-67(72)84-63(57-79-66(71)52-47-42-36-33-31-24-22-19-16-13-10-7-2)59-82-86(74,75)80-55-62(69)56-81-87(76,77)83-60-64(58-78-65(70)51-46-41-35-20-17-14-11-8-3)85-68(73)54-49-44-39-38-40-45-50-61(4)5/h61-64,69H,6-60H2,1-5H3,(H,74,75)(H,76,77)/t62-,63-,64-/m1/s1. The highest BCUT2D eigenvalue weighted by Crippen LogP contribution is 2.45. The highest BCUT2D eigenvalue weighted by molar-refractivity contribution is 7.47. The van der Waals surface area contributed by atoms with E-state index in [4.69, 9.17) is 37.0 Å². The molecule has 0 aliphatic carbocycles. The summed E-state index contributed by atoms with van der Waals surface area (Å²) < 4.78 is 68.1. The number of carbonyl (C=O) groups excluding carboxylic acids is 4. The van der Waals surface area contributed by atoms with Crippen LogP contribution < -0.4 is 0 Å². The van der Waals surface area contributed by atoms with Crippen molar-refractivity contribution in [3.63, 3.8) is 0 Å². The fourth-order valence-electron chi connectivity index (χ4n) is 10.3. The number of carbonyl (C=O) groups is 4. The number of rotatable bonds is 68. The summed E-state index contributed by atoms with van der Waals surface area (Å²) >= 11 is 0. The van der Waals surface area contributed by atoms with Crippen LogP contribution in [-0.2, 0) is 65.4 Å². The highest BCUT2D eigenvalue weighted by Gasteiger charge is 2.30. The van der Waals surface area contributed by atoms with Gasteiger partial charge in [-0.05, 0) is 31.6 Å². The van der Waals surface area contributed by atoms with E-state index in [9.17, 15) is 43.2 Å². The van der Waals surface area contributed by atoms with Crippen molar-refractivity contribution in [3.05, 3.63) is 0 Å². The zero-order valence-electron chi connectivity index (χ0n) is 56.2. The Kier molecular flexibility index (Phi) is 60.2. The van der Waals surface area contributed by atoms with Gasteiger partial charge in [-0.3, -0.25) is 37.3 Å². The number of hydrogen-bond acceptors (Lipinski definition) is 15. The van der Waals surface area contributed by atoms with Crippen LogP contribution in [-0.4, -0.2) is 96.7 Å². The molecule has 0 saturated heterocycles. The Labute approximate surface area is 530 Å². The lowest BCUT2D eigenvalue weighted by atomic mass is 10.0. The van der Waals surface area contributed by atoms with Gasteiger partial charge in [-0.15, -0.1) is 0 Å². The molecule has 0 aliphatic rings. The van der Waals surface area contributed by atoms with Gasteiger partial charge in [0.15, 0.2) is 12.2 Å². The first-order valence-corrected chi connectivity index (χ1v) is 38.6. The molecule has 5 atom stereocenters. The summed E-state index contributed by atoms with van der Waals surface area (Å²) in [5.41, 5.74) is 0. The Balaban J connectivity index is 5.18. The van der Waals surface area contributed by atoms with Gasteiger partial charge in [0.2, 0.25) is 0 Å². The Hall–Kier alpha value is -1.94. The van der Waals surface area contributed by atoms with E-state index in [2.05, 4.69) is 34.6 Å². The molecule has 0 heterocycles.